The summed E-state index contributed by atoms with van der Waals surface area (Å²) in [5, 5.41) is 9.42. The van der Waals surface area contributed by atoms with Crippen molar-refractivity contribution in [1.29, 1.82) is 0 Å². The largest absolute Gasteiger partial charge is 0.467 e. The Balaban J connectivity index is 1.47. The van der Waals surface area contributed by atoms with Crippen molar-refractivity contribution in [2.24, 2.45) is 17.8 Å². The van der Waals surface area contributed by atoms with Crippen LogP contribution in [0, 0.1) is 17.8 Å². The minimum absolute atomic E-state index is 0.0128. The van der Waals surface area contributed by atoms with E-state index in [-0.39, 0.29) is 48.3 Å². The molecule has 0 saturated carbocycles. The number of methoxy groups -OCH3 is 3. The molecule has 1 aromatic carbocycles. The lowest BCUT2D eigenvalue weighted by atomic mass is 9.89. The predicted molar refractivity (Wildman–Crippen MR) is 224 cm³/mol. The Morgan fingerprint density at radius 3 is 2.33 bits per heavy atom. The third kappa shape index (κ3) is 10.7. The van der Waals surface area contributed by atoms with Gasteiger partial charge in [-0.2, -0.15) is 0 Å². The van der Waals surface area contributed by atoms with Crippen LogP contribution >= 0.6 is 0 Å². The van der Waals surface area contributed by atoms with Gasteiger partial charge in [-0.25, -0.2) is 4.79 Å². The number of nitrogens with zero attached hydrogens (tertiary/aromatic N) is 3. The number of amides is 4. The third-order valence-corrected chi connectivity index (χ3v) is 13.3. The van der Waals surface area contributed by atoms with Gasteiger partial charge in [-0.15, -0.1) is 0 Å². The van der Waals surface area contributed by atoms with Gasteiger partial charge in [0, 0.05) is 46.5 Å². The summed E-state index contributed by atoms with van der Waals surface area (Å²) in [6, 6.07) is 3.56. The van der Waals surface area contributed by atoms with Crippen LogP contribution in [0.15, 0.2) is 18.2 Å². The molecule has 0 radical (unpaired) electrons. The number of rotatable bonds is 19. The van der Waals surface area contributed by atoms with E-state index in [4.69, 9.17) is 14.2 Å². The molecule has 1 aromatic rings. The lowest BCUT2D eigenvalue weighted by Gasteiger charge is -2.41. The van der Waals surface area contributed by atoms with Gasteiger partial charge in [-0.3, -0.25) is 24.1 Å². The number of nitrogens with one attached hydrogen (secondary N) is 3. The molecule has 2 saturated heterocycles. The molecule has 3 aliphatic heterocycles. The van der Waals surface area contributed by atoms with Crippen LogP contribution in [0.1, 0.15) is 97.6 Å². The van der Waals surface area contributed by atoms with E-state index >= 15 is 0 Å². The van der Waals surface area contributed by atoms with E-state index in [2.05, 4.69) is 22.0 Å². The smallest absolute Gasteiger partial charge is 0.328 e. The predicted octanol–water partition coefficient (Wildman–Crippen LogP) is 3.79. The number of esters is 1. The van der Waals surface area contributed by atoms with Crippen molar-refractivity contribution in [3.8, 4) is 0 Å². The highest BCUT2D eigenvalue weighted by Gasteiger charge is 2.45. The summed E-state index contributed by atoms with van der Waals surface area (Å²) in [6.07, 6.45) is 4.73. The van der Waals surface area contributed by atoms with Gasteiger partial charge in [0.2, 0.25) is 23.6 Å². The van der Waals surface area contributed by atoms with Crippen LogP contribution in [0.5, 0.6) is 0 Å². The Kier molecular flexibility index (Phi) is 17.0. The van der Waals surface area contributed by atoms with Crippen LogP contribution in [-0.4, -0.2) is 141 Å². The quantitative estimate of drug-likeness (QED) is 0.176. The number of fused-ring (bicyclic) bond motifs is 1. The molecule has 0 aromatic heterocycles. The molecule has 4 amide bonds. The SMILES string of the molecule is CC[C@H](C)[C@@H]([C@@H](CC(=O)N1CCC[C@H]1[C@H](OC)[C@@H](C)C(=O)N[C@@H](Cc1ccc2c(c1)CCCN2)C(=O)OC)OC)N(C)C(=O)[C@@H](NC(=O)[C@]1(C)CCCN1C)C(C)C. The summed E-state index contributed by atoms with van der Waals surface area (Å²) in [4.78, 5) is 74.6. The van der Waals surface area contributed by atoms with E-state index < -0.39 is 53.8 Å². The minimum atomic E-state index is -0.899. The molecule has 2 fully saturated rings. The molecule has 3 heterocycles. The van der Waals surface area contributed by atoms with Crippen molar-refractivity contribution in [3.05, 3.63) is 29.3 Å². The van der Waals surface area contributed by atoms with Crippen molar-refractivity contribution >= 4 is 35.3 Å². The number of hydrogen-bond donors (Lipinski definition) is 3. The van der Waals surface area contributed by atoms with E-state index in [1.54, 1.807) is 38.0 Å². The highest BCUT2D eigenvalue weighted by atomic mass is 16.5. The fraction of sp³-hybridized carbons (Fsp3) is 0.750. The molecule has 326 valence electrons. The van der Waals surface area contributed by atoms with Crippen molar-refractivity contribution in [3.63, 3.8) is 0 Å². The number of likely N-dealkylation sites (tertiary alicyclic amines) is 2. The molecule has 4 rings (SSSR count). The molecule has 14 heteroatoms. The van der Waals surface area contributed by atoms with Gasteiger partial charge < -0.3 is 40.0 Å². The molecule has 3 N–H and O–H groups in total. The maximum atomic E-state index is 14.3. The van der Waals surface area contributed by atoms with Crippen molar-refractivity contribution < 1.29 is 38.2 Å². The lowest BCUT2D eigenvalue weighted by molar-refractivity contribution is -0.149. The molecule has 14 nitrogen and oxygen atoms in total. The van der Waals surface area contributed by atoms with Gasteiger partial charge in [0.05, 0.1) is 49.3 Å². The van der Waals surface area contributed by atoms with Crippen molar-refractivity contribution in [2.75, 3.05) is 60.4 Å². The van der Waals surface area contributed by atoms with Crippen molar-refractivity contribution in [2.45, 2.75) is 141 Å². The standard InChI is InChI=1S/C44H72N6O8/c1-12-28(4)38(49(8)41(53)37(27(2)3)47-43(55)44(6)20-15-22-48(44)7)35(56-9)26-36(51)50-23-14-17-34(50)39(57-10)29(5)40(52)46-33(42(54)58-11)25-30-18-19-32-31(24-30)16-13-21-45-32/h18-19,24,27-29,33-35,37-39,45H,12-17,20-23,25-26H2,1-11H3,(H,46,52)(H,47,55)/t28-,29+,33-,34-,35+,37-,38-,39+,44-/m0/s1. The normalized spacial score (nSPS) is 23.1. The Hall–Kier alpha value is -3.75. The van der Waals surface area contributed by atoms with Crippen LogP contribution in [0.3, 0.4) is 0 Å². The summed E-state index contributed by atoms with van der Waals surface area (Å²) in [5.74, 6) is -2.34. The average molecular weight is 813 g/mol. The van der Waals surface area contributed by atoms with E-state index in [1.165, 1.54) is 12.7 Å². The second kappa shape index (κ2) is 21.0. The number of ether oxygens (including phenoxy) is 3. The number of likely N-dealkylation sites (N-methyl/N-ethyl adjacent to an activating group) is 2. The Morgan fingerprint density at radius 2 is 1.72 bits per heavy atom. The number of benzene rings is 1. The van der Waals surface area contributed by atoms with E-state index in [0.29, 0.717) is 13.0 Å². The maximum absolute atomic E-state index is 14.3. The molecule has 58 heavy (non-hydrogen) atoms. The molecule has 3 aliphatic rings. The zero-order valence-corrected chi connectivity index (χ0v) is 37.0. The molecule has 0 aliphatic carbocycles. The van der Waals surface area contributed by atoms with Gasteiger partial charge in [-0.05, 0) is 88.1 Å². The topological polar surface area (TPSA) is 159 Å². The average Bonchev–Trinajstić information content (AvgIpc) is 3.84. The highest BCUT2D eigenvalue weighted by Crippen LogP contribution is 2.31. The fourth-order valence-corrected chi connectivity index (χ4v) is 9.25. The first kappa shape index (κ1) is 46.9. The van der Waals surface area contributed by atoms with Gasteiger partial charge in [-0.1, -0.05) is 53.2 Å². The van der Waals surface area contributed by atoms with E-state index in [1.807, 2.05) is 58.7 Å². The lowest BCUT2D eigenvalue weighted by Crippen LogP contribution is -2.61. The van der Waals surface area contributed by atoms with Gasteiger partial charge >= 0.3 is 5.97 Å². The number of anilines is 1. The summed E-state index contributed by atoms with van der Waals surface area (Å²) < 4.78 is 17.1. The summed E-state index contributed by atoms with van der Waals surface area (Å²) in [5.41, 5.74) is 2.52. The first-order valence-corrected chi connectivity index (χ1v) is 21.4. The molecule has 0 unspecified atom stereocenters. The van der Waals surface area contributed by atoms with Crippen molar-refractivity contribution in [1.82, 2.24) is 25.3 Å². The van der Waals surface area contributed by atoms with Gasteiger partial charge in [0.1, 0.15) is 12.1 Å². The Labute approximate surface area is 346 Å². The molecule has 0 bridgehead atoms. The Morgan fingerprint density at radius 1 is 1.00 bits per heavy atom. The summed E-state index contributed by atoms with van der Waals surface area (Å²) in [7, 11) is 8.10. The zero-order chi connectivity index (χ0) is 42.9. The number of carbonyl (C=O) groups excluding carboxylic acids is 5. The van der Waals surface area contributed by atoms with Gasteiger partial charge in [0.25, 0.3) is 0 Å². The number of hydrogen-bond acceptors (Lipinski definition) is 10. The highest BCUT2D eigenvalue weighted by molar-refractivity contribution is 5.92. The maximum Gasteiger partial charge on any atom is 0.328 e. The monoisotopic (exact) mass is 813 g/mol. The second-order valence-corrected chi connectivity index (χ2v) is 17.4. The van der Waals surface area contributed by atoms with E-state index in [0.717, 1.165) is 62.9 Å². The van der Waals surface area contributed by atoms with Crippen LogP contribution in [-0.2, 0) is 51.0 Å². The van der Waals surface area contributed by atoms with Gasteiger partial charge in [0.15, 0.2) is 0 Å². The minimum Gasteiger partial charge on any atom is -0.467 e. The fourth-order valence-electron chi connectivity index (χ4n) is 9.25. The van der Waals surface area contributed by atoms with Crippen LogP contribution in [0.25, 0.3) is 0 Å². The third-order valence-electron chi connectivity index (χ3n) is 13.3. The molecular weight excluding hydrogens is 741 g/mol. The Bertz CT molecular complexity index is 1590. The summed E-state index contributed by atoms with van der Waals surface area (Å²) in [6.45, 7) is 13.9. The van der Waals surface area contributed by atoms with Crippen LogP contribution in [0.4, 0.5) is 5.69 Å². The first-order valence-electron chi connectivity index (χ1n) is 21.4. The number of aryl methyl sites for hydroxylation is 1. The molecule has 9 atom stereocenters. The summed E-state index contributed by atoms with van der Waals surface area (Å²) >= 11 is 0. The molecular formula is C44H72N6O8. The zero-order valence-electron chi connectivity index (χ0n) is 37.0. The molecule has 0 spiro atoms. The number of carbonyl (C=O) groups is 5. The first-order chi connectivity index (χ1) is 27.5. The van der Waals surface area contributed by atoms with Crippen LogP contribution in [0.2, 0.25) is 0 Å². The van der Waals surface area contributed by atoms with Crippen LogP contribution < -0.4 is 16.0 Å². The van der Waals surface area contributed by atoms with E-state index in [9.17, 15) is 24.0 Å². The second-order valence-electron chi connectivity index (χ2n) is 17.4.